The molecular weight excluding hydrogens is 352 g/mol. The Morgan fingerprint density at radius 3 is 2.42 bits per heavy atom. The van der Waals surface area contributed by atoms with Crippen LogP contribution in [0, 0.1) is 0 Å². The number of rotatable bonds is 4. The summed E-state index contributed by atoms with van der Waals surface area (Å²) >= 11 is 0. The highest BCUT2D eigenvalue weighted by Gasteiger charge is 2.15. The fourth-order valence-electron chi connectivity index (χ4n) is 2.54. The maximum absolute atomic E-state index is 12.4. The van der Waals surface area contributed by atoms with E-state index in [-0.39, 0.29) is 10.6 Å². The first kappa shape index (κ1) is 16.2. The number of phenolic OH excluding ortho intramolecular Hbond substituents is 1. The van der Waals surface area contributed by atoms with E-state index in [1.807, 2.05) is 24.3 Å². The number of benzene rings is 3. The second-order valence-corrected chi connectivity index (χ2v) is 7.35. The lowest BCUT2D eigenvalue weighted by Gasteiger charge is -2.08. The van der Waals surface area contributed by atoms with E-state index >= 15 is 0 Å². The second kappa shape index (κ2) is 6.20. The van der Waals surface area contributed by atoms with Gasteiger partial charge in [-0.1, -0.05) is 18.2 Å². The number of aromatic hydroxyl groups is 1. The number of fused-ring (bicyclic) bond motifs is 1. The Bertz CT molecular complexity index is 1150. The van der Waals surface area contributed by atoms with Gasteiger partial charge in [0.25, 0.3) is 10.0 Å². The molecule has 0 saturated heterocycles. The molecule has 0 saturated carbocycles. The Hall–Kier alpha value is -3.32. The first-order valence-corrected chi connectivity index (χ1v) is 9.27. The fraction of sp³-hybridized carbons (Fsp3) is 0. The largest absolute Gasteiger partial charge is 0.508 e. The molecule has 0 fully saturated rings. The van der Waals surface area contributed by atoms with Gasteiger partial charge in [0.15, 0.2) is 5.58 Å². The number of sulfonamides is 1. The van der Waals surface area contributed by atoms with Crippen LogP contribution in [0.4, 0.5) is 5.69 Å². The quantitative estimate of drug-likeness (QED) is 0.569. The highest BCUT2D eigenvalue weighted by Crippen LogP contribution is 2.26. The maximum atomic E-state index is 12.4. The van der Waals surface area contributed by atoms with Crippen LogP contribution in [0.15, 0.2) is 82.1 Å². The lowest BCUT2D eigenvalue weighted by molar-refractivity contribution is 0.473. The highest BCUT2D eigenvalue weighted by atomic mass is 32.2. The molecule has 1 heterocycles. The van der Waals surface area contributed by atoms with Crippen molar-refractivity contribution >= 4 is 26.8 Å². The van der Waals surface area contributed by atoms with Crippen LogP contribution in [-0.2, 0) is 10.0 Å². The SMILES string of the molecule is O=S(=O)(Nc1ccc(-c2nc3ccccc3o2)cc1)c1cccc(O)c1. The van der Waals surface area contributed by atoms with E-state index in [1.165, 1.54) is 24.3 Å². The van der Waals surface area contributed by atoms with Crippen molar-refractivity contribution in [1.82, 2.24) is 4.98 Å². The lowest BCUT2D eigenvalue weighted by atomic mass is 10.2. The number of phenols is 1. The van der Waals surface area contributed by atoms with Crippen molar-refractivity contribution in [3.05, 3.63) is 72.8 Å². The van der Waals surface area contributed by atoms with Gasteiger partial charge in [0.1, 0.15) is 11.3 Å². The number of oxazole rings is 1. The van der Waals surface area contributed by atoms with Gasteiger partial charge in [0, 0.05) is 17.3 Å². The molecule has 0 unspecified atom stereocenters. The Morgan fingerprint density at radius 2 is 1.69 bits per heavy atom. The molecule has 0 aliphatic rings. The summed E-state index contributed by atoms with van der Waals surface area (Å²) < 4.78 is 32.9. The molecule has 0 amide bonds. The molecule has 26 heavy (non-hydrogen) atoms. The van der Waals surface area contributed by atoms with Crippen molar-refractivity contribution in [2.75, 3.05) is 4.72 Å². The van der Waals surface area contributed by atoms with Gasteiger partial charge in [-0.2, -0.15) is 0 Å². The van der Waals surface area contributed by atoms with Crippen LogP contribution < -0.4 is 4.72 Å². The standard InChI is InChI=1S/C19H14N2O4S/c22-15-4-3-5-16(12-15)26(23,24)21-14-10-8-13(9-11-14)19-20-17-6-1-2-7-18(17)25-19/h1-12,21-22H. The molecule has 4 aromatic rings. The third-order valence-electron chi connectivity index (χ3n) is 3.81. The molecule has 0 bridgehead atoms. The predicted molar refractivity (Wildman–Crippen MR) is 98.4 cm³/mol. The van der Waals surface area contributed by atoms with Gasteiger partial charge in [-0.25, -0.2) is 13.4 Å². The smallest absolute Gasteiger partial charge is 0.262 e. The Morgan fingerprint density at radius 1 is 0.923 bits per heavy atom. The zero-order valence-electron chi connectivity index (χ0n) is 13.5. The fourth-order valence-corrected chi connectivity index (χ4v) is 3.64. The molecule has 0 aliphatic carbocycles. The van der Waals surface area contributed by atoms with Crippen LogP contribution >= 0.6 is 0 Å². The summed E-state index contributed by atoms with van der Waals surface area (Å²) in [4.78, 5) is 4.40. The third kappa shape index (κ3) is 3.12. The molecule has 4 rings (SSSR count). The van der Waals surface area contributed by atoms with Gasteiger partial charge in [-0.3, -0.25) is 4.72 Å². The summed E-state index contributed by atoms with van der Waals surface area (Å²) in [5.74, 6) is 0.354. The number of anilines is 1. The average Bonchev–Trinajstić information content (AvgIpc) is 3.06. The number of nitrogens with one attached hydrogen (secondary N) is 1. The minimum atomic E-state index is -3.78. The summed E-state index contributed by atoms with van der Waals surface area (Å²) in [6, 6.07) is 19.7. The van der Waals surface area contributed by atoms with Crippen molar-refractivity contribution in [2.45, 2.75) is 4.90 Å². The van der Waals surface area contributed by atoms with Crippen molar-refractivity contribution in [3.8, 4) is 17.2 Å². The van der Waals surface area contributed by atoms with Gasteiger partial charge in [-0.05, 0) is 48.5 Å². The summed E-state index contributed by atoms with van der Waals surface area (Å²) in [7, 11) is -3.78. The van der Waals surface area contributed by atoms with E-state index in [1.54, 1.807) is 24.3 Å². The van der Waals surface area contributed by atoms with Gasteiger partial charge in [0.2, 0.25) is 5.89 Å². The van der Waals surface area contributed by atoms with Gasteiger partial charge in [-0.15, -0.1) is 0 Å². The molecule has 0 aliphatic heterocycles. The first-order valence-electron chi connectivity index (χ1n) is 7.79. The third-order valence-corrected chi connectivity index (χ3v) is 5.18. The number of para-hydroxylation sites is 2. The number of nitrogens with zero attached hydrogens (tertiary/aromatic N) is 1. The van der Waals surface area contributed by atoms with Crippen molar-refractivity contribution < 1.29 is 17.9 Å². The normalized spacial score (nSPS) is 11.5. The van der Waals surface area contributed by atoms with Gasteiger partial charge >= 0.3 is 0 Å². The van der Waals surface area contributed by atoms with Crippen LogP contribution in [0.2, 0.25) is 0 Å². The zero-order valence-corrected chi connectivity index (χ0v) is 14.3. The van der Waals surface area contributed by atoms with Crippen LogP contribution in [0.1, 0.15) is 0 Å². The summed E-state index contributed by atoms with van der Waals surface area (Å²) in [6.45, 7) is 0. The molecule has 130 valence electrons. The number of aromatic nitrogens is 1. The number of hydrogen-bond acceptors (Lipinski definition) is 5. The predicted octanol–water partition coefficient (Wildman–Crippen LogP) is 4.00. The van der Waals surface area contributed by atoms with Crippen molar-refractivity contribution in [1.29, 1.82) is 0 Å². The van der Waals surface area contributed by atoms with Gasteiger partial charge < -0.3 is 9.52 Å². The van der Waals surface area contributed by atoms with E-state index in [9.17, 15) is 13.5 Å². The molecule has 6 nitrogen and oxygen atoms in total. The van der Waals surface area contributed by atoms with Crippen molar-refractivity contribution in [3.63, 3.8) is 0 Å². The van der Waals surface area contributed by atoms with Crippen LogP contribution in [0.5, 0.6) is 5.75 Å². The van der Waals surface area contributed by atoms with Gasteiger partial charge in [0.05, 0.1) is 4.90 Å². The first-order chi connectivity index (χ1) is 12.5. The molecular formula is C19H14N2O4S. The zero-order chi connectivity index (χ0) is 18.1. The van der Waals surface area contributed by atoms with E-state index in [4.69, 9.17) is 4.42 Å². The lowest BCUT2D eigenvalue weighted by Crippen LogP contribution is -2.12. The molecule has 2 N–H and O–H groups in total. The summed E-state index contributed by atoms with van der Waals surface area (Å²) in [5, 5.41) is 9.46. The molecule has 0 spiro atoms. The summed E-state index contributed by atoms with van der Waals surface area (Å²) in [5.41, 5.74) is 2.59. The number of hydrogen-bond donors (Lipinski definition) is 2. The van der Waals surface area contributed by atoms with Crippen molar-refractivity contribution in [2.24, 2.45) is 0 Å². The Balaban J connectivity index is 1.59. The molecule has 1 aromatic heterocycles. The molecule has 0 atom stereocenters. The molecule has 7 heteroatoms. The van der Waals surface area contributed by atoms with Crippen LogP contribution in [-0.4, -0.2) is 18.5 Å². The molecule has 0 radical (unpaired) electrons. The summed E-state index contributed by atoms with van der Waals surface area (Å²) in [6.07, 6.45) is 0. The second-order valence-electron chi connectivity index (χ2n) is 5.67. The van der Waals surface area contributed by atoms with E-state index in [0.29, 0.717) is 17.2 Å². The highest BCUT2D eigenvalue weighted by molar-refractivity contribution is 7.92. The van der Waals surface area contributed by atoms with E-state index in [2.05, 4.69) is 9.71 Å². The Kier molecular flexibility index (Phi) is 3.85. The minimum absolute atomic E-state index is 0.0134. The average molecular weight is 366 g/mol. The van der Waals surface area contributed by atoms with E-state index < -0.39 is 10.0 Å². The van der Waals surface area contributed by atoms with Crippen LogP contribution in [0.25, 0.3) is 22.6 Å². The maximum Gasteiger partial charge on any atom is 0.262 e. The topological polar surface area (TPSA) is 92.4 Å². The molecule has 3 aromatic carbocycles. The monoisotopic (exact) mass is 366 g/mol. The van der Waals surface area contributed by atoms with Crippen LogP contribution in [0.3, 0.4) is 0 Å². The Labute approximate surface area is 149 Å². The van der Waals surface area contributed by atoms with E-state index in [0.717, 1.165) is 11.1 Å². The minimum Gasteiger partial charge on any atom is -0.508 e.